The summed E-state index contributed by atoms with van der Waals surface area (Å²) in [6.45, 7) is 1.45. The number of anilines is 1. The van der Waals surface area contributed by atoms with Gasteiger partial charge in [0.2, 0.25) is 11.8 Å². The minimum absolute atomic E-state index is 0.187. The maximum atomic E-state index is 12.8. The lowest BCUT2D eigenvalue weighted by molar-refractivity contribution is -0.126. The molecule has 28 heavy (non-hydrogen) atoms. The fourth-order valence-corrected chi connectivity index (χ4v) is 3.87. The average Bonchev–Trinajstić information content (AvgIpc) is 3.36. The third-order valence-corrected chi connectivity index (χ3v) is 5.23. The van der Waals surface area contributed by atoms with Gasteiger partial charge in [0.1, 0.15) is 18.2 Å². The van der Waals surface area contributed by atoms with E-state index >= 15 is 0 Å². The molecule has 7 nitrogen and oxygen atoms in total. The minimum atomic E-state index is -0.503. The molecule has 144 valence electrons. The van der Waals surface area contributed by atoms with Crippen molar-refractivity contribution in [1.82, 2.24) is 19.9 Å². The summed E-state index contributed by atoms with van der Waals surface area (Å²) in [5.74, 6) is 0.534. The van der Waals surface area contributed by atoms with Crippen LogP contribution in [0.3, 0.4) is 0 Å². The maximum Gasteiger partial charge on any atom is 0.247 e. The Kier molecular flexibility index (Phi) is 5.06. The number of amides is 2. The van der Waals surface area contributed by atoms with Crippen LogP contribution in [0.5, 0.6) is 0 Å². The Hall–Kier alpha value is -3.22. The number of aromatic nitrogens is 3. The van der Waals surface area contributed by atoms with Crippen LogP contribution in [0, 0.1) is 5.92 Å². The molecular formula is C21H23N5O2. The SMILES string of the molecule is CC(=O)NC(C(=O)Nc1ccc(-n2cnc3ccccc32)nc1)C1CCCC1. The van der Waals surface area contributed by atoms with Crippen molar-refractivity contribution in [3.8, 4) is 5.82 Å². The summed E-state index contributed by atoms with van der Waals surface area (Å²) in [5.41, 5.74) is 2.47. The van der Waals surface area contributed by atoms with Gasteiger partial charge in [-0.1, -0.05) is 25.0 Å². The second kappa shape index (κ2) is 7.80. The van der Waals surface area contributed by atoms with Crippen molar-refractivity contribution in [2.75, 3.05) is 5.32 Å². The molecule has 2 aromatic heterocycles. The Balaban J connectivity index is 1.50. The van der Waals surface area contributed by atoms with E-state index in [0.29, 0.717) is 5.69 Å². The van der Waals surface area contributed by atoms with Crippen molar-refractivity contribution in [1.29, 1.82) is 0 Å². The number of rotatable bonds is 5. The van der Waals surface area contributed by atoms with Gasteiger partial charge in [-0.15, -0.1) is 0 Å². The third kappa shape index (κ3) is 3.74. The molecule has 1 saturated carbocycles. The Bertz CT molecular complexity index is 989. The Morgan fingerprint density at radius 1 is 1.11 bits per heavy atom. The normalized spacial score (nSPS) is 15.5. The first-order chi connectivity index (χ1) is 13.6. The summed E-state index contributed by atoms with van der Waals surface area (Å²) in [7, 11) is 0. The fraction of sp³-hybridized carbons (Fsp3) is 0.333. The molecule has 0 aliphatic heterocycles. The second-order valence-electron chi connectivity index (χ2n) is 7.22. The summed E-state index contributed by atoms with van der Waals surface area (Å²) in [4.78, 5) is 33.1. The number of para-hydroxylation sites is 2. The first-order valence-electron chi connectivity index (χ1n) is 9.58. The highest BCUT2D eigenvalue weighted by Gasteiger charge is 2.31. The summed E-state index contributed by atoms with van der Waals surface area (Å²) in [5, 5.41) is 5.70. The van der Waals surface area contributed by atoms with Gasteiger partial charge in [0.05, 0.1) is 22.9 Å². The van der Waals surface area contributed by atoms with Crippen molar-refractivity contribution in [3.63, 3.8) is 0 Å². The molecule has 1 fully saturated rings. The number of imidazole rings is 1. The van der Waals surface area contributed by atoms with Crippen molar-refractivity contribution < 1.29 is 9.59 Å². The first kappa shape index (κ1) is 18.2. The zero-order chi connectivity index (χ0) is 19.5. The van der Waals surface area contributed by atoms with Crippen molar-refractivity contribution >= 4 is 28.5 Å². The van der Waals surface area contributed by atoms with E-state index in [2.05, 4.69) is 20.6 Å². The predicted molar refractivity (Wildman–Crippen MR) is 107 cm³/mol. The van der Waals surface area contributed by atoms with E-state index in [9.17, 15) is 9.59 Å². The zero-order valence-corrected chi connectivity index (χ0v) is 15.8. The van der Waals surface area contributed by atoms with Crippen LogP contribution in [0.15, 0.2) is 48.9 Å². The van der Waals surface area contributed by atoms with Crippen LogP contribution in [0.2, 0.25) is 0 Å². The number of hydrogen-bond acceptors (Lipinski definition) is 4. The number of nitrogens with zero attached hydrogens (tertiary/aromatic N) is 3. The van der Waals surface area contributed by atoms with Crippen LogP contribution in [0.1, 0.15) is 32.6 Å². The summed E-state index contributed by atoms with van der Waals surface area (Å²) in [6, 6.07) is 11.0. The number of nitrogens with one attached hydrogen (secondary N) is 2. The topological polar surface area (TPSA) is 88.9 Å². The summed E-state index contributed by atoms with van der Waals surface area (Å²) < 4.78 is 1.90. The number of hydrogen-bond donors (Lipinski definition) is 2. The van der Waals surface area contributed by atoms with E-state index in [1.165, 1.54) is 6.92 Å². The molecule has 1 atom stereocenters. The lowest BCUT2D eigenvalue weighted by Gasteiger charge is -2.23. The highest BCUT2D eigenvalue weighted by atomic mass is 16.2. The lowest BCUT2D eigenvalue weighted by Crippen LogP contribution is -2.47. The van der Waals surface area contributed by atoms with Crippen molar-refractivity contribution in [2.24, 2.45) is 5.92 Å². The van der Waals surface area contributed by atoms with Crippen LogP contribution in [-0.4, -0.2) is 32.4 Å². The number of carbonyl (C=O) groups excluding carboxylic acids is 2. The second-order valence-corrected chi connectivity index (χ2v) is 7.22. The molecule has 1 aromatic carbocycles. The molecule has 2 N–H and O–H groups in total. The molecule has 0 radical (unpaired) electrons. The van der Waals surface area contributed by atoms with Gasteiger partial charge in [-0.25, -0.2) is 9.97 Å². The van der Waals surface area contributed by atoms with Crippen LogP contribution < -0.4 is 10.6 Å². The van der Waals surface area contributed by atoms with Crippen LogP contribution in [0.25, 0.3) is 16.9 Å². The van der Waals surface area contributed by atoms with E-state index in [1.54, 1.807) is 12.5 Å². The molecule has 1 unspecified atom stereocenters. The average molecular weight is 377 g/mol. The molecule has 3 aromatic rings. The van der Waals surface area contributed by atoms with Crippen molar-refractivity contribution in [2.45, 2.75) is 38.6 Å². The molecular weight excluding hydrogens is 354 g/mol. The highest BCUT2D eigenvalue weighted by molar-refractivity contribution is 5.97. The highest BCUT2D eigenvalue weighted by Crippen LogP contribution is 2.28. The summed E-state index contributed by atoms with van der Waals surface area (Å²) >= 11 is 0. The zero-order valence-electron chi connectivity index (χ0n) is 15.8. The molecule has 2 amide bonds. The van der Waals surface area contributed by atoms with E-state index in [0.717, 1.165) is 42.5 Å². The van der Waals surface area contributed by atoms with Gasteiger partial charge >= 0.3 is 0 Å². The molecule has 4 rings (SSSR count). The van der Waals surface area contributed by atoms with Gasteiger partial charge < -0.3 is 10.6 Å². The Morgan fingerprint density at radius 2 is 1.89 bits per heavy atom. The molecule has 0 saturated heterocycles. The van der Waals surface area contributed by atoms with E-state index in [-0.39, 0.29) is 17.7 Å². The number of pyridine rings is 1. The lowest BCUT2D eigenvalue weighted by atomic mass is 9.97. The molecule has 7 heteroatoms. The third-order valence-electron chi connectivity index (χ3n) is 5.23. The molecule has 0 spiro atoms. The monoisotopic (exact) mass is 377 g/mol. The molecule has 2 heterocycles. The minimum Gasteiger partial charge on any atom is -0.344 e. The summed E-state index contributed by atoms with van der Waals surface area (Å²) in [6.07, 6.45) is 7.48. The number of carbonyl (C=O) groups is 2. The van der Waals surface area contributed by atoms with Gasteiger partial charge in [0.25, 0.3) is 0 Å². The molecule has 1 aliphatic rings. The Morgan fingerprint density at radius 3 is 2.61 bits per heavy atom. The smallest absolute Gasteiger partial charge is 0.247 e. The largest absolute Gasteiger partial charge is 0.344 e. The van der Waals surface area contributed by atoms with Crippen LogP contribution >= 0.6 is 0 Å². The number of fused-ring (bicyclic) bond motifs is 1. The molecule has 1 aliphatic carbocycles. The van der Waals surface area contributed by atoms with Gasteiger partial charge in [0.15, 0.2) is 0 Å². The van der Waals surface area contributed by atoms with Gasteiger partial charge in [-0.2, -0.15) is 0 Å². The van der Waals surface area contributed by atoms with Crippen LogP contribution in [0.4, 0.5) is 5.69 Å². The quantitative estimate of drug-likeness (QED) is 0.715. The van der Waals surface area contributed by atoms with Gasteiger partial charge in [-0.05, 0) is 43.0 Å². The number of benzene rings is 1. The van der Waals surface area contributed by atoms with Gasteiger partial charge in [-0.3, -0.25) is 14.2 Å². The maximum absolute atomic E-state index is 12.8. The standard InChI is InChI=1S/C21H23N5O2/c1-14(27)24-20(15-6-2-3-7-15)21(28)25-16-10-11-19(22-12-16)26-13-23-17-8-4-5-9-18(17)26/h4-5,8-13,15,20H,2-3,6-7H2,1H3,(H,24,27)(H,25,28). The van der Waals surface area contributed by atoms with Crippen molar-refractivity contribution in [3.05, 3.63) is 48.9 Å². The van der Waals surface area contributed by atoms with E-state index in [4.69, 9.17) is 0 Å². The van der Waals surface area contributed by atoms with Crippen LogP contribution in [-0.2, 0) is 9.59 Å². The van der Waals surface area contributed by atoms with Gasteiger partial charge in [0, 0.05) is 6.92 Å². The Labute approximate surface area is 163 Å². The fourth-order valence-electron chi connectivity index (χ4n) is 3.87. The molecule has 0 bridgehead atoms. The first-order valence-corrected chi connectivity index (χ1v) is 9.58. The van der Waals surface area contributed by atoms with E-state index in [1.807, 2.05) is 41.0 Å². The predicted octanol–water partition coefficient (Wildman–Crippen LogP) is 3.05. The van der Waals surface area contributed by atoms with E-state index < -0.39 is 6.04 Å².